The lowest BCUT2D eigenvalue weighted by Crippen LogP contribution is -2.17. The Bertz CT molecular complexity index is 900. The van der Waals surface area contributed by atoms with Gasteiger partial charge in [0.1, 0.15) is 5.71 Å². The van der Waals surface area contributed by atoms with Crippen molar-refractivity contribution in [3.63, 3.8) is 0 Å². The molecule has 0 atom stereocenters. The number of Topliss-reactive ketones (excluding diaryl/α,β-unsaturated/α-hetero) is 1. The van der Waals surface area contributed by atoms with Crippen molar-refractivity contribution in [3.8, 4) is 0 Å². The Labute approximate surface area is 146 Å². The zero-order valence-corrected chi connectivity index (χ0v) is 14.0. The van der Waals surface area contributed by atoms with E-state index in [-0.39, 0.29) is 5.78 Å². The Balaban J connectivity index is 2.14. The van der Waals surface area contributed by atoms with E-state index in [4.69, 9.17) is 11.6 Å². The van der Waals surface area contributed by atoms with E-state index in [1.807, 2.05) is 73.7 Å². The number of aliphatic imine (C=N–C) groups is 1. The molecule has 118 valence electrons. The number of halogens is 1. The van der Waals surface area contributed by atoms with E-state index in [0.717, 1.165) is 11.3 Å². The molecule has 0 aliphatic heterocycles. The van der Waals surface area contributed by atoms with Crippen LogP contribution in [0.15, 0.2) is 83.9 Å². The normalized spacial score (nSPS) is 11.3. The number of hydrogen-bond donors (Lipinski definition) is 0. The van der Waals surface area contributed by atoms with Crippen LogP contribution in [0.2, 0.25) is 5.02 Å². The highest BCUT2D eigenvalue weighted by Gasteiger charge is 2.18. The smallest absolute Gasteiger partial charge is 0.212 e. The van der Waals surface area contributed by atoms with E-state index in [2.05, 4.69) is 4.99 Å². The van der Waals surface area contributed by atoms with Crippen LogP contribution in [0.3, 0.4) is 0 Å². The summed E-state index contributed by atoms with van der Waals surface area (Å²) >= 11 is 6.11. The molecular formula is C21H16ClNO. The second-order valence-electron chi connectivity index (χ2n) is 5.45. The molecule has 0 fully saturated rings. The third-order valence-corrected chi connectivity index (χ3v) is 3.94. The van der Waals surface area contributed by atoms with Gasteiger partial charge in [-0.2, -0.15) is 0 Å². The van der Waals surface area contributed by atoms with Crippen LogP contribution in [0.5, 0.6) is 0 Å². The monoisotopic (exact) mass is 333 g/mol. The van der Waals surface area contributed by atoms with Gasteiger partial charge in [-0.05, 0) is 36.8 Å². The topological polar surface area (TPSA) is 29.4 Å². The first kappa shape index (κ1) is 16.2. The van der Waals surface area contributed by atoms with Crippen molar-refractivity contribution in [2.24, 2.45) is 4.99 Å². The van der Waals surface area contributed by atoms with Gasteiger partial charge in [0.15, 0.2) is 0 Å². The third-order valence-electron chi connectivity index (χ3n) is 3.70. The molecule has 0 saturated carbocycles. The summed E-state index contributed by atoms with van der Waals surface area (Å²) in [6, 6.07) is 24.2. The minimum atomic E-state index is -0.112. The molecule has 0 aliphatic rings. The van der Waals surface area contributed by atoms with Crippen LogP contribution in [-0.2, 0) is 0 Å². The molecule has 0 spiro atoms. The largest absolute Gasteiger partial charge is 0.287 e. The summed E-state index contributed by atoms with van der Waals surface area (Å²) in [6.45, 7) is 1.92. The van der Waals surface area contributed by atoms with E-state index in [1.54, 1.807) is 12.1 Å². The lowest BCUT2D eigenvalue weighted by atomic mass is 9.97. The van der Waals surface area contributed by atoms with Crippen LogP contribution in [0.25, 0.3) is 0 Å². The Morgan fingerprint density at radius 2 is 1.58 bits per heavy atom. The SMILES string of the molecule is Cc1ccccc1C(=O)C(=Nc1ccccc1)c1cccc(Cl)c1. The second-order valence-corrected chi connectivity index (χ2v) is 5.89. The number of aryl methyl sites for hydroxylation is 1. The first-order valence-corrected chi connectivity index (χ1v) is 8.03. The minimum absolute atomic E-state index is 0.112. The Hall–Kier alpha value is -2.71. The molecule has 2 nitrogen and oxygen atoms in total. The number of hydrogen-bond acceptors (Lipinski definition) is 2. The number of rotatable bonds is 4. The first-order chi connectivity index (χ1) is 11.6. The summed E-state index contributed by atoms with van der Waals surface area (Å²) in [4.78, 5) is 17.7. The van der Waals surface area contributed by atoms with Crippen LogP contribution >= 0.6 is 11.6 Å². The van der Waals surface area contributed by atoms with Gasteiger partial charge in [-0.1, -0.05) is 66.2 Å². The van der Waals surface area contributed by atoms with Gasteiger partial charge in [0.25, 0.3) is 0 Å². The molecule has 3 heteroatoms. The van der Waals surface area contributed by atoms with Crippen molar-refractivity contribution in [3.05, 3.63) is 101 Å². The maximum atomic E-state index is 13.1. The average Bonchev–Trinajstić information content (AvgIpc) is 2.60. The maximum absolute atomic E-state index is 13.1. The summed E-state index contributed by atoms with van der Waals surface area (Å²) in [7, 11) is 0. The molecule has 0 unspecified atom stereocenters. The van der Waals surface area contributed by atoms with Crippen molar-refractivity contribution in [2.45, 2.75) is 6.92 Å². The van der Waals surface area contributed by atoms with Crippen molar-refractivity contribution in [1.29, 1.82) is 0 Å². The van der Waals surface area contributed by atoms with Gasteiger partial charge in [-0.3, -0.25) is 4.79 Å². The number of benzene rings is 3. The average molecular weight is 334 g/mol. The fourth-order valence-electron chi connectivity index (χ4n) is 2.47. The molecule has 0 amide bonds. The molecule has 3 rings (SSSR count). The van der Waals surface area contributed by atoms with Gasteiger partial charge in [-0.25, -0.2) is 4.99 Å². The maximum Gasteiger partial charge on any atom is 0.212 e. The van der Waals surface area contributed by atoms with Crippen molar-refractivity contribution in [2.75, 3.05) is 0 Å². The zero-order valence-electron chi connectivity index (χ0n) is 13.2. The van der Waals surface area contributed by atoms with Gasteiger partial charge in [0.05, 0.1) is 5.69 Å². The predicted octanol–water partition coefficient (Wildman–Crippen LogP) is 5.65. The van der Waals surface area contributed by atoms with E-state index in [9.17, 15) is 4.79 Å². The van der Waals surface area contributed by atoms with E-state index >= 15 is 0 Å². The summed E-state index contributed by atoms with van der Waals surface area (Å²) < 4.78 is 0. The Morgan fingerprint density at radius 3 is 2.29 bits per heavy atom. The van der Waals surface area contributed by atoms with Crippen molar-refractivity contribution < 1.29 is 4.79 Å². The minimum Gasteiger partial charge on any atom is -0.287 e. The molecule has 0 aromatic heterocycles. The number of nitrogens with zero attached hydrogens (tertiary/aromatic N) is 1. The lowest BCUT2D eigenvalue weighted by molar-refractivity contribution is 0.106. The van der Waals surface area contributed by atoms with Gasteiger partial charge in [0, 0.05) is 16.1 Å². The predicted molar refractivity (Wildman–Crippen MR) is 99.6 cm³/mol. The van der Waals surface area contributed by atoms with Crippen LogP contribution < -0.4 is 0 Å². The standard InChI is InChI=1S/C21H16ClNO/c1-15-8-5-6-13-19(15)21(24)20(16-9-7-10-17(22)14-16)23-18-11-3-2-4-12-18/h2-14H,1H3. The van der Waals surface area contributed by atoms with Gasteiger partial charge in [-0.15, -0.1) is 0 Å². The van der Waals surface area contributed by atoms with Crippen LogP contribution in [0.1, 0.15) is 21.5 Å². The number of carbonyl (C=O) groups excluding carboxylic acids is 1. The molecule has 3 aromatic rings. The molecule has 3 aromatic carbocycles. The molecule has 0 bridgehead atoms. The zero-order chi connectivity index (χ0) is 16.9. The van der Waals surface area contributed by atoms with Crippen LogP contribution in [0.4, 0.5) is 5.69 Å². The van der Waals surface area contributed by atoms with Gasteiger partial charge in [0.2, 0.25) is 5.78 Å². The quantitative estimate of drug-likeness (QED) is 0.448. The Kier molecular flexibility index (Phi) is 4.88. The fourth-order valence-corrected chi connectivity index (χ4v) is 2.66. The highest BCUT2D eigenvalue weighted by Crippen LogP contribution is 2.20. The highest BCUT2D eigenvalue weighted by molar-refractivity contribution is 6.52. The molecule has 0 radical (unpaired) electrons. The van der Waals surface area contributed by atoms with Crippen LogP contribution in [-0.4, -0.2) is 11.5 Å². The number of ketones is 1. The molecule has 0 heterocycles. The van der Waals surface area contributed by atoms with Gasteiger partial charge < -0.3 is 0 Å². The summed E-state index contributed by atoms with van der Waals surface area (Å²) in [6.07, 6.45) is 0. The van der Waals surface area contributed by atoms with E-state index in [1.165, 1.54) is 0 Å². The molecular weight excluding hydrogens is 318 g/mol. The number of carbonyl (C=O) groups is 1. The third kappa shape index (κ3) is 3.61. The first-order valence-electron chi connectivity index (χ1n) is 7.65. The Morgan fingerprint density at radius 1 is 0.875 bits per heavy atom. The summed E-state index contributed by atoms with van der Waals surface area (Å²) in [5, 5.41) is 0.575. The molecule has 0 N–H and O–H groups in total. The molecule has 24 heavy (non-hydrogen) atoms. The number of para-hydroxylation sites is 1. The lowest BCUT2D eigenvalue weighted by Gasteiger charge is -2.09. The van der Waals surface area contributed by atoms with Crippen molar-refractivity contribution >= 4 is 28.8 Å². The van der Waals surface area contributed by atoms with E-state index < -0.39 is 0 Å². The van der Waals surface area contributed by atoms with Crippen molar-refractivity contribution in [1.82, 2.24) is 0 Å². The highest BCUT2D eigenvalue weighted by atomic mass is 35.5. The van der Waals surface area contributed by atoms with Crippen LogP contribution in [0, 0.1) is 6.92 Å². The summed E-state index contributed by atoms with van der Waals surface area (Å²) in [5.74, 6) is -0.112. The fraction of sp³-hybridized carbons (Fsp3) is 0.0476. The molecule has 0 aliphatic carbocycles. The van der Waals surface area contributed by atoms with Gasteiger partial charge >= 0.3 is 0 Å². The second kappa shape index (κ2) is 7.24. The van der Waals surface area contributed by atoms with E-state index in [0.29, 0.717) is 21.9 Å². The summed E-state index contributed by atoms with van der Waals surface area (Å²) in [5.41, 5.74) is 3.39. The molecule has 0 saturated heterocycles.